The number of aryl methyl sites for hydroxylation is 1. The van der Waals surface area contributed by atoms with Gasteiger partial charge < -0.3 is 10.8 Å². The van der Waals surface area contributed by atoms with E-state index in [4.69, 9.17) is 5.73 Å². The molecule has 120 valence electrons. The van der Waals surface area contributed by atoms with Crippen molar-refractivity contribution < 1.29 is 9.74 Å². The Morgan fingerprint density at radius 2 is 2.08 bits per heavy atom. The van der Waals surface area contributed by atoms with Gasteiger partial charge in [-0.2, -0.15) is 5.10 Å². The van der Waals surface area contributed by atoms with Gasteiger partial charge in [-0.3, -0.25) is 0 Å². The number of phenols is 1. The van der Waals surface area contributed by atoms with Gasteiger partial charge in [0.15, 0.2) is 11.5 Å². The molecule has 0 unspecified atom stereocenters. The van der Waals surface area contributed by atoms with Crippen LogP contribution in [0, 0.1) is 6.92 Å². The zero-order valence-corrected chi connectivity index (χ0v) is 13.4. The zero-order chi connectivity index (χ0) is 16.7. The van der Waals surface area contributed by atoms with Crippen molar-refractivity contribution in [2.75, 3.05) is 5.73 Å². The van der Waals surface area contributed by atoms with Gasteiger partial charge in [0.05, 0.1) is 5.52 Å². The van der Waals surface area contributed by atoms with E-state index in [0.717, 1.165) is 21.0 Å². The summed E-state index contributed by atoms with van der Waals surface area (Å²) in [7, 11) is 0. The van der Waals surface area contributed by atoms with Crippen molar-refractivity contribution in [3.63, 3.8) is 0 Å². The van der Waals surface area contributed by atoms with Gasteiger partial charge in [-0.15, -0.1) is 0 Å². The van der Waals surface area contributed by atoms with E-state index in [9.17, 15) is 5.11 Å². The number of benzene rings is 1. The van der Waals surface area contributed by atoms with Crippen LogP contribution in [-0.2, 0) is 0 Å². The first-order valence-electron chi connectivity index (χ1n) is 7.02. The first kappa shape index (κ1) is 14.5. The molecule has 0 saturated carbocycles. The number of rotatable bonds is 3. The number of hydrogen-bond donors (Lipinski definition) is 2. The maximum Gasteiger partial charge on any atom is 0.198 e. The third kappa shape index (κ3) is 2.44. The molecule has 0 radical (unpaired) electrons. The molecule has 0 fully saturated rings. The van der Waals surface area contributed by atoms with Crippen LogP contribution in [0.5, 0.6) is 5.75 Å². The van der Waals surface area contributed by atoms with Gasteiger partial charge in [-0.1, -0.05) is 17.8 Å². The maximum absolute atomic E-state index is 9.56. The molecule has 0 aliphatic carbocycles. The minimum Gasteiger partial charge on any atom is -0.508 e. The molecule has 3 heterocycles. The fourth-order valence-corrected chi connectivity index (χ4v) is 3.20. The predicted molar refractivity (Wildman–Crippen MR) is 87.7 cm³/mol. The molecule has 0 aliphatic rings. The predicted octanol–water partition coefficient (Wildman–Crippen LogP) is 2.53. The molecule has 3 N–H and O–H groups in total. The number of fused-ring (bicyclic) bond motifs is 1. The van der Waals surface area contributed by atoms with Crippen molar-refractivity contribution in [3.8, 4) is 17.1 Å². The molecule has 0 amide bonds. The van der Waals surface area contributed by atoms with Crippen molar-refractivity contribution in [1.82, 2.24) is 24.9 Å². The van der Waals surface area contributed by atoms with Crippen LogP contribution in [0.4, 0.5) is 5.82 Å². The number of aromatic hydroxyl groups is 1. The SMILES string of the molecule is Cc1c(-c2nonc2N)nn2cnc(Sc3cccc(O)c3)cc12. The van der Waals surface area contributed by atoms with Gasteiger partial charge in [-0.05, 0) is 41.5 Å². The Balaban J connectivity index is 1.76. The molecule has 4 rings (SSSR count). The summed E-state index contributed by atoms with van der Waals surface area (Å²) in [5, 5.41) is 22.2. The van der Waals surface area contributed by atoms with Gasteiger partial charge >= 0.3 is 0 Å². The molecule has 0 bridgehead atoms. The highest BCUT2D eigenvalue weighted by Gasteiger charge is 2.18. The summed E-state index contributed by atoms with van der Waals surface area (Å²) in [5.74, 6) is 0.418. The zero-order valence-electron chi connectivity index (χ0n) is 12.5. The quantitative estimate of drug-likeness (QED) is 0.547. The first-order chi connectivity index (χ1) is 11.6. The lowest BCUT2D eigenvalue weighted by Crippen LogP contribution is -1.92. The lowest BCUT2D eigenvalue weighted by Gasteiger charge is -2.02. The van der Waals surface area contributed by atoms with Crippen molar-refractivity contribution in [3.05, 3.63) is 42.2 Å². The second-order valence-electron chi connectivity index (χ2n) is 5.13. The second-order valence-corrected chi connectivity index (χ2v) is 6.22. The molecule has 9 heteroatoms. The number of hydrogen-bond acceptors (Lipinski definition) is 8. The molecule has 0 aliphatic heterocycles. The van der Waals surface area contributed by atoms with Crippen molar-refractivity contribution in [1.29, 1.82) is 0 Å². The number of nitrogens with two attached hydrogens (primary N) is 1. The first-order valence-corrected chi connectivity index (χ1v) is 7.84. The molecule has 3 aromatic heterocycles. The smallest absolute Gasteiger partial charge is 0.198 e. The molecule has 1 aromatic carbocycles. The Labute approximate surface area is 140 Å². The highest BCUT2D eigenvalue weighted by atomic mass is 32.2. The minimum atomic E-state index is 0.198. The second kappa shape index (κ2) is 5.53. The van der Waals surface area contributed by atoms with E-state index >= 15 is 0 Å². The Morgan fingerprint density at radius 1 is 1.21 bits per heavy atom. The summed E-state index contributed by atoms with van der Waals surface area (Å²) in [4.78, 5) is 5.28. The van der Waals surface area contributed by atoms with Gasteiger partial charge in [0.2, 0.25) is 0 Å². The molecule has 8 nitrogen and oxygen atoms in total. The number of aromatic nitrogens is 5. The molecule has 0 spiro atoms. The average Bonchev–Trinajstić information content (AvgIpc) is 3.11. The molecule has 4 aromatic rings. The summed E-state index contributed by atoms with van der Waals surface area (Å²) >= 11 is 1.45. The number of nitrogens with zero attached hydrogens (tertiary/aromatic N) is 5. The van der Waals surface area contributed by atoms with E-state index in [0.29, 0.717) is 11.4 Å². The minimum absolute atomic E-state index is 0.198. The van der Waals surface area contributed by atoms with Crippen LogP contribution in [0.3, 0.4) is 0 Å². The summed E-state index contributed by atoms with van der Waals surface area (Å²) in [6.07, 6.45) is 1.63. The highest BCUT2D eigenvalue weighted by Crippen LogP contribution is 2.31. The number of nitrogen functional groups attached to an aromatic ring is 1. The van der Waals surface area contributed by atoms with E-state index in [1.807, 2.05) is 19.1 Å². The maximum atomic E-state index is 9.56. The van der Waals surface area contributed by atoms with E-state index in [1.54, 1.807) is 29.0 Å². The summed E-state index contributed by atoms with van der Waals surface area (Å²) in [6, 6.07) is 8.94. The van der Waals surface area contributed by atoms with E-state index in [1.165, 1.54) is 11.8 Å². The average molecular weight is 340 g/mol. The Morgan fingerprint density at radius 3 is 2.83 bits per heavy atom. The third-order valence-electron chi connectivity index (χ3n) is 3.53. The molecular formula is C15H12N6O2S. The standard InChI is InChI=1S/C15H12N6O2S/c1-8-11-6-12(24-10-4-2-3-9(22)5-10)17-7-21(11)18-13(8)14-15(16)20-23-19-14/h2-7,22H,1H3,(H2,16,20). The van der Waals surface area contributed by atoms with Gasteiger partial charge in [-0.25, -0.2) is 14.1 Å². The lowest BCUT2D eigenvalue weighted by atomic mass is 10.2. The van der Waals surface area contributed by atoms with Crippen LogP contribution in [0.1, 0.15) is 5.56 Å². The van der Waals surface area contributed by atoms with Crippen molar-refractivity contribution in [2.24, 2.45) is 0 Å². The van der Waals surface area contributed by atoms with E-state index in [-0.39, 0.29) is 11.6 Å². The monoisotopic (exact) mass is 340 g/mol. The lowest BCUT2D eigenvalue weighted by molar-refractivity contribution is 0.310. The highest BCUT2D eigenvalue weighted by molar-refractivity contribution is 7.99. The van der Waals surface area contributed by atoms with Crippen LogP contribution in [0.25, 0.3) is 16.9 Å². The van der Waals surface area contributed by atoms with Gasteiger partial charge in [0, 0.05) is 10.5 Å². The molecule has 24 heavy (non-hydrogen) atoms. The van der Waals surface area contributed by atoms with Crippen molar-refractivity contribution >= 4 is 23.1 Å². The third-order valence-corrected chi connectivity index (χ3v) is 4.45. The summed E-state index contributed by atoms with van der Waals surface area (Å²) < 4.78 is 6.30. The van der Waals surface area contributed by atoms with Crippen molar-refractivity contribution in [2.45, 2.75) is 16.8 Å². The summed E-state index contributed by atoms with van der Waals surface area (Å²) in [5.41, 5.74) is 8.55. The van der Waals surface area contributed by atoms with Crippen LogP contribution in [0.15, 0.2) is 51.2 Å². The Hall–Kier alpha value is -3.07. The van der Waals surface area contributed by atoms with Crippen LogP contribution in [0.2, 0.25) is 0 Å². The Kier molecular flexibility index (Phi) is 3.35. The van der Waals surface area contributed by atoms with Crippen LogP contribution in [-0.4, -0.2) is 30.0 Å². The van der Waals surface area contributed by atoms with Gasteiger partial charge in [0.25, 0.3) is 0 Å². The summed E-state index contributed by atoms with van der Waals surface area (Å²) in [6.45, 7) is 1.93. The van der Waals surface area contributed by atoms with Gasteiger partial charge in [0.1, 0.15) is 22.8 Å². The van der Waals surface area contributed by atoms with Crippen LogP contribution >= 0.6 is 11.8 Å². The molecule has 0 saturated heterocycles. The van der Waals surface area contributed by atoms with E-state index < -0.39 is 0 Å². The molecule has 0 atom stereocenters. The fraction of sp³-hybridized carbons (Fsp3) is 0.0667. The largest absolute Gasteiger partial charge is 0.508 e. The Bertz CT molecular complexity index is 1040. The normalized spacial score (nSPS) is 11.2. The number of anilines is 1. The fourth-order valence-electron chi connectivity index (χ4n) is 2.37. The number of phenolic OH excluding ortho intramolecular Hbond substituents is 1. The van der Waals surface area contributed by atoms with Crippen LogP contribution < -0.4 is 5.73 Å². The molecular weight excluding hydrogens is 328 g/mol. The van der Waals surface area contributed by atoms with E-state index in [2.05, 4.69) is 25.0 Å². The topological polar surface area (TPSA) is 115 Å².